The van der Waals surface area contributed by atoms with E-state index < -0.39 is 4.92 Å². The summed E-state index contributed by atoms with van der Waals surface area (Å²) in [4.78, 5) is 13.8. The van der Waals surface area contributed by atoms with Crippen LogP contribution in [0.5, 0.6) is 0 Å². The van der Waals surface area contributed by atoms with E-state index in [2.05, 4.69) is 26.0 Å². The van der Waals surface area contributed by atoms with Crippen molar-refractivity contribution in [1.82, 2.24) is 14.8 Å². The standard InChI is InChI=1S/C8H6BrN5O2/c9-5-3-11-13(4-5)7-2-1-6(14(15)16)8(10)12-7/h1-4H,(H2,10,12). The normalized spacial score (nSPS) is 10.3. The molecule has 8 heteroatoms. The molecule has 0 amide bonds. The Hall–Kier alpha value is -1.96. The zero-order valence-corrected chi connectivity index (χ0v) is 9.46. The zero-order chi connectivity index (χ0) is 11.7. The van der Waals surface area contributed by atoms with E-state index in [1.165, 1.54) is 16.8 Å². The van der Waals surface area contributed by atoms with Crippen molar-refractivity contribution in [3.05, 3.63) is 39.1 Å². The van der Waals surface area contributed by atoms with Crippen molar-refractivity contribution < 1.29 is 4.92 Å². The maximum atomic E-state index is 10.5. The van der Waals surface area contributed by atoms with Crippen LogP contribution in [0.2, 0.25) is 0 Å². The minimum absolute atomic E-state index is 0.130. The summed E-state index contributed by atoms with van der Waals surface area (Å²) < 4.78 is 2.25. The topological polar surface area (TPSA) is 99.9 Å². The minimum Gasteiger partial charge on any atom is -0.378 e. The molecule has 0 atom stereocenters. The third-order valence-electron chi connectivity index (χ3n) is 1.87. The number of pyridine rings is 1. The second kappa shape index (κ2) is 3.89. The van der Waals surface area contributed by atoms with E-state index in [4.69, 9.17) is 5.73 Å². The summed E-state index contributed by atoms with van der Waals surface area (Å²) in [7, 11) is 0. The lowest BCUT2D eigenvalue weighted by Crippen LogP contribution is -2.03. The van der Waals surface area contributed by atoms with Gasteiger partial charge in [-0.25, -0.2) is 9.67 Å². The van der Waals surface area contributed by atoms with Crippen molar-refractivity contribution in [2.75, 3.05) is 5.73 Å². The second-order valence-electron chi connectivity index (χ2n) is 2.93. The molecule has 0 saturated carbocycles. The molecule has 0 unspecified atom stereocenters. The summed E-state index contributed by atoms with van der Waals surface area (Å²) in [5.74, 6) is 0.294. The smallest absolute Gasteiger partial charge is 0.311 e. The third kappa shape index (κ3) is 1.87. The molecule has 0 fully saturated rings. The van der Waals surface area contributed by atoms with Crippen LogP contribution in [-0.4, -0.2) is 19.7 Å². The van der Waals surface area contributed by atoms with Gasteiger partial charge in [0.25, 0.3) is 0 Å². The largest absolute Gasteiger partial charge is 0.378 e. The Morgan fingerprint density at radius 1 is 1.50 bits per heavy atom. The van der Waals surface area contributed by atoms with E-state index in [1.54, 1.807) is 12.4 Å². The highest BCUT2D eigenvalue weighted by atomic mass is 79.9. The lowest BCUT2D eigenvalue weighted by molar-refractivity contribution is -0.384. The molecule has 0 saturated heterocycles. The van der Waals surface area contributed by atoms with Crippen LogP contribution in [-0.2, 0) is 0 Å². The van der Waals surface area contributed by atoms with Gasteiger partial charge in [-0.2, -0.15) is 5.10 Å². The quantitative estimate of drug-likeness (QED) is 0.665. The molecule has 0 aliphatic rings. The van der Waals surface area contributed by atoms with Crippen molar-refractivity contribution in [3.63, 3.8) is 0 Å². The number of nitrogens with two attached hydrogens (primary N) is 1. The number of nitrogen functional groups attached to an aromatic ring is 1. The Bertz CT molecular complexity index is 553. The maximum absolute atomic E-state index is 10.5. The average molecular weight is 284 g/mol. The van der Waals surface area contributed by atoms with Crippen LogP contribution in [0.25, 0.3) is 5.82 Å². The molecule has 2 heterocycles. The zero-order valence-electron chi connectivity index (χ0n) is 7.87. The molecular formula is C8H6BrN5O2. The number of rotatable bonds is 2. The first-order chi connectivity index (χ1) is 7.58. The number of halogens is 1. The van der Waals surface area contributed by atoms with Gasteiger partial charge in [-0.1, -0.05) is 0 Å². The van der Waals surface area contributed by atoms with Crippen molar-refractivity contribution in [2.24, 2.45) is 0 Å². The van der Waals surface area contributed by atoms with Gasteiger partial charge in [0.1, 0.15) is 0 Å². The molecule has 2 N–H and O–H groups in total. The molecule has 82 valence electrons. The number of anilines is 1. The Kier molecular flexibility index (Phi) is 2.57. The molecule has 0 aromatic carbocycles. The predicted octanol–water partition coefficient (Wildman–Crippen LogP) is 1.52. The van der Waals surface area contributed by atoms with Gasteiger partial charge in [-0.15, -0.1) is 0 Å². The first-order valence-electron chi connectivity index (χ1n) is 4.19. The number of hydrogen-bond acceptors (Lipinski definition) is 5. The number of aromatic nitrogens is 3. The molecule has 0 bridgehead atoms. The lowest BCUT2D eigenvalue weighted by atomic mass is 10.4. The number of nitro groups is 1. The van der Waals surface area contributed by atoms with E-state index in [0.29, 0.717) is 5.82 Å². The van der Waals surface area contributed by atoms with Crippen LogP contribution < -0.4 is 5.73 Å². The van der Waals surface area contributed by atoms with Gasteiger partial charge in [0.2, 0.25) is 5.82 Å². The maximum Gasteiger partial charge on any atom is 0.311 e. The van der Waals surface area contributed by atoms with Crippen LogP contribution in [0, 0.1) is 10.1 Å². The van der Waals surface area contributed by atoms with Crippen molar-refractivity contribution >= 4 is 27.4 Å². The van der Waals surface area contributed by atoms with Gasteiger partial charge in [0.15, 0.2) is 5.82 Å². The van der Waals surface area contributed by atoms with E-state index in [1.807, 2.05) is 0 Å². The monoisotopic (exact) mass is 283 g/mol. The van der Waals surface area contributed by atoms with Crippen LogP contribution in [0.1, 0.15) is 0 Å². The van der Waals surface area contributed by atoms with Gasteiger partial charge >= 0.3 is 5.69 Å². The van der Waals surface area contributed by atoms with Crippen LogP contribution in [0.3, 0.4) is 0 Å². The van der Waals surface area contributed by atoms with Gasteiger partial charge in [0.05, 0.1) is 15.6 Å². The summed E-state index contributed by atoms with van der Waals surface area (Å²) >= 11 is 3.24. The first-order valence-corrected chi connectivity index (χ1v) is 4.98. The molecule has 16 heavy (non-hydrogen) atoms. The van der Waals surface area contributed by atoms with Gasteiger partial charge in [0, 0.05) is 12.3 Å². The summed E-state index contributed by atoms with van der Waals surface area (Å²) in [5, 5.41) is 14.5. The Labute approximate surface area is 98.2 Å². The molecule has 0 spiro atoms. The molecule has 2 aromatic heterocycles. The van der Waals surface area contributed by atoms with Crippen LogP contribution in [0.4, 0.5) is 11.5 Å². The molecule has 2 rings (SSSR count). The highest BCUT2D eigenvalue weighted by molar-refractivity contribution is 9.10. The lowest BCUT2D eigenvalue weighted by Gasteiger charge is -2.01. The van der Waals surface area contributed by atoms with Crippen molar-refractivity contribution in [1.29, 1.82) is 0 Å². The number of nitrogens with zero attached hydrogens (tertiary/aromatic N) is 4. The van der Waals surface area contributed by atoms with E-state index in [0.717, 1.165) is 4.47 Å². The fourth-order valence-electron chi connectivity index (χ4n) is 1.16. The fourth-order valence-corrected chi connectivity index (χ4v) is 1.45. The van der Waals surface area contributed by atoms with Crippen LogP contribution in [0.15, 0.2) is 29.0 Å². The van der Waals surface area contributed by atoms with Crippen LogP contribution >= 0.6 is 15.9 Å². The Morgan fingerprint density at radius 2 is 2.25 bits per heavy atom. The molecular weight excluding hydrogens is 278 g/mol. The average Bonchev–Trinajstić information content (AvgIpc) is 2.64. The van der Waals surface area contributed by atoms with Crippen molar-refractivity contribution in [3.8, 4) is 5.82 Å². The summed E-state index contributed by atoms with van der Waals surface area (Å²) in [6.07, 6.45) is 3.26. The summed E-state index contributed by atoms with van der Waals surface area (Å²) in [5.41, 5.74) is 5.25. The van der Waals surface area contributed by atoms with Gasteiger partial charge < -0.3 is 5.73 Å². The van der Waals surface area contributed by atoms with E-state index in [-0.39, 0.29) is 11.5 Å². The fraction of sp³-hybridized carbons (Fsp3) is 0. The minimum atomic E-state index is -0.578. The Morgan fingerprint density at radius 3 is 2.75 bits per heavy atom. The predicted molar refractivity (Wildman–Crippen MR) is 60.1 cm³/mol. The SMILES string of the molecule is Nc1nc(-n2cc(Br)cn2)ccc1[N+](=O)[O-]. The second-order valence-corrected chi connectivity index (χ2v) is 3.85. The van der Waals surface area contributed by atoms with Crippen molar-refractivity contribution in [2.45, 2.75) is 0 Å². The van der Waals surface area contributed by atoms with E-state index in [9.17, 15) is 10.1 Å². The molecule has 0 aliphatic heterocycles. The summed E-state index contributed by atoms with van der Waals surface area (Å²) in [6, 6.07) is 2.78. The third-order valence-corrected chi connectivity index (χ3v) is 2.28. The highest BCUT2D eigenvalue weighted by Gasteiger charge is 2.13. The number of hydrogen-bond donors (Lipinski definition) is 1. The molecule has 7 nitrogen and oxygen atoms in total. The molecule has 0 radical (unpaired) electrons. The highest BCUT2D eigenvalue weighted by Crippen LogP contribution is 2.20. The molecule has 2 aromatic rings. The van der Waals surface area contributed by atoms with Gasteiger partial charge in [-0.05, 0) is 22.0 Å². The Balaban J connectivity index is 2.45. The first kappa shape index (κ1) is 10.6. The van der Waals surface area contributed by atoms with Gasteiger partial charge in [-0.3, -0.25) is 10.1 Å². The van der Waals surface area contributed by atoms with E-state index >= 15 is 0 Å². The summed E-state index contributed by atoms with van der Waals surface area (Å²) in [6.45, 7) is 0. The molecule has 0 aliphatic carbocycles.